The zero-order chi connectivity index (χ0) is 7.82. The minimum absolute atomic E-state index is 0.144. The van der Waals surface area contributed by atoms with Crippen molar-refractivity contribution in [1.29, 1.82) is 0 Å². The highest BCUT2D eigenvalue weighted by Crippen LogP contribution is 2.06. The maximum absolute atomic E-state index is 5.42. The standard InChI is InChI=1S/C6H9Cl3O/c7-3-1-2-4-10-5-6(8)9/h5H,1-4H2. The van der Waals surface area contributed by atoms with Gasteiger partial charge in [0, 0.05) is 5.88 Å². The predicted molar refractivity (Wildman–Crippen MR) is 45.7 cm³/mol. The van der Waals surface area contributed by atoms with Gasteiger partial charge in [-0.1, -0.05) is 23.2 Å². The SMILES string of the molecule is ClCCCCOC=C(Cl)Cl. The van der Waals surface area contributed by atoms with Crippen LogP contribution in [0.2, 0.25) is 0 Å². The first kappa shape index (κ1) is 10.4. The van der Waals surface area contributed by atoms with E-state index in [9.17, 15) is 0 Å². The second kappa shape index (κ2) is 7.52. The first-order chi connectivity index (χ1) is 4.77. The Hall–Kier alpha value is 0.410. The van der Waals surface area contributed by atoms with E-state index in [0.717, 1.165) is 12.8 Å². The van der Waals surface area contributed by atoms with Crippen LogP contribution >= 0.6 is 34.8 Å². The minimum Gasteiger partial charge on any atom is -0.499 e. The maximum atomic E-state index is 5.42. The van der Waals surface area contributed by atoms with E-state index < -0.39 is 0 Å². The largest absolute Gasteiger partial charge is 0.499 e. The van der Waals surface area contributed by atoms with E-state index in [2.05, 4.69) is 0 Å². The predicted octanol–water partition coefficient (Wildman–Crippen LogP) is 3.30. The van der Waals surface area contributed by atoms with Gasteiger partial charge in [-0.2, -0.15) is 0 Å². The van der Waals surface area contributed by atoms with Crippen LogP contribution in [0.5, 0.6) is 0 Å². The number of hydrogen-bond acceptors (Lipinski definition) is 1. The molecule has 0 spiro atoms. The van der Waals surface area contributed by atoms with Gasteiger partial charge in [-0.05, 0) is 12.8 Å². The van der Waals surface area contributed by atoms with Crippen molar-refractivity contribution >= 4 is 34.8 Å². The van der Waals surface area contributed by atoms with Gasteiger partial charge in [-0.25, -0.2) is 0 Å². The van der Waals surface area contributed by atoms with E-state index in [1.807, 2.05) is 0 Å². The van der Waals surface area contributed by atoms with Crippen molar-refractivity contribution in [3.8, 4) is 0 Å². The second-order valence-corrected chi connectivity index (χ2v) is 3.06. The monoisotopic (exact) mass is 202 g/mol. The number of halogens is 3. The van der Waals surface area contributed by atoms with Gasteiger partial charge in [-0.15, -0.1) is 11.6 Å². The normalized spacial score (nSPS) is 9.10. The molecule has 0 fully saturated rings. The molecule has 4 heteroatoms. The van der Waals surface area contributed by atoms with Gasteiger partial charge in [0.15, 0.2) is 0 Å². The van der Waals surface area contributed by atoms with E-state index in [-0.39, 0.29) is 4.49 Å². The lowest BCUT2D eigenvalue weighted by Crippen LogP contribution is -1.87. The average molecular weight is 203 g/mol. The summed E-state index contributed by atoms with van der Waals surface area (Å²) in [6, 6.07) is 0. The van der Waals surface area contributed by atoms with Crippen molar-refractivity contribution in [3.05, 3.63) is 10.8 Å². The number of alkyl halides is 1. The lowest BCUT2D eigenvalue weighted by Gasteiger charge is -1.97. The third kappa shape index (κ3) is 8.41. The van der Waals surface area contributed by atoms with Crippen LogP contribution in [-0.2, 0) is 4.74 Å². The molecule has 0 rings (SSSR count). The number of rotatable bonds is 5. The van der Waals surface area contributed by atoms with Gasteiger partial charge >= 0.3 is 0 Å². The molecule has 1 nitrogen and oxygen atoms in total. The van der Waals surface area contributed by atoms with Crippen molar-refractivity contribution < 1.29 is 4.74 Å². The van der Waals surface area contributed by atoms with Crippen molar-refractivity contribution in [1.82, 2.24) is 0 Å². The summed E-state index contributed by atoms with van der Waals surface area (Å²) in [5, 5.41) is 0. The summed E-state index contributed by atoms with van der Waals surface area (Å²) in [6.45, 7) is 0.621. The Kier molecular flexibility index (Phi) is 7.82. The summed E-state index contributed by atoms with van der Waals surface area (Å²) >= 11 is 16.0. The Labute approximate surface area is 75.9 Å². The third-order valence-corrected chi connectivity index (χ3v) is 1.26. The molecule has 0 aromatic heterocycles. The van der Waals surface area contributed by atoms with E-state index >= 15 is 0 Å². The summed E-state index contributed by atoms with van der Waals surface area (Å²) in [7, 11) is 0. The quantitative estimate of drug-likeness (QED) is 0.378. The average Bonchev–Trinajstić information content (AvgIpc) is 1.87. The first-order valence-electron chi connectivity index (χ1n) is 2.96. The molecule has 0 amide bonds. The Morgan fingerprint density at radius 1 is 1.30 bits per heavy atom. The highest BCUT2D eigenvalue weighted by atomic mass is 35.5. The van der Waals surface area contributed by atoms with Crippen LogP contribution in [0.25, 0.3) is 0 Å². The van der Waals surface area contributed by atoms with Crippen molar-refractivity contribution in [2.24, 2.45) is 0 Å². The zero-order valence-corrected chi connectivity index (χ0v) is 7.72. The Balaban J connectivity index is 2.98. The van der Waals surface area contributed by atoms with Crippen LogP contribution in [-0.4, -0.2) is 12.5 Å². The van der Waals surface area contributed by atoms with Crippen LogP contribution in [0.4, 0.5) is 0 Å². The number of hydrogen-bond donors (Lipinski definition) is 0. The van der Waals surface area contributed by atoms with Gasteiger partial charge in [0.25, 0.3) is 0 Å². The molecule has 0 aliphatic rings. The minimum atomic E-state index is 0.144. The van der Waals surface area contributed by atoms with Gasteiger partial charge in [-0.3, -0.25) is 0 Å². The van der Waals surface area contributed by atoms with Gasteiger partial charge < -0.3 is 4.74 Å². The summed E-state index contributed by atoms with van der Waals surface area (Å²) in [4.78, 5) is 0. The second-order valence-electron chi connectivity index (χ2n) is 1.67. The molecule has 0 aromatic rings. The van der Waals surface area contributed by atoms with E-state index in [0.29, 0.717) is 12.5 Å². The molecule has 0 aromatic carbocycles. The van der Waals surface area contributed by atoms with Crippen molar-refractivity contribution in [2.45, 2.75) is 12.8 Å². The lowest BCUT2D eigenvalue weighted by molar-refractivity contribution is 0.244. The molecular formula is C6H9Cl3O. The Morgan fingerprint density at radius 2 is 2.00 bits per heavy atom. The molecule has 0 atom stereocenters. The van der Waals surface area contributed by atoms with E-state index in [4.69, 9.17) is 39.5 Å². The highest BCUT2D eigenvalue weighted by Gasteiger charge is 1.86. The molecule has 0 saturated heterocycles. The molecule has 0 radical (unpaired) electrons. The Bertz CT molecular complexity index is 99.2. The summed E-state index contributed by atoms with van der Waals surface area (Å²) in [5.41, 5.74) is 0. The highest BCUT2D eigenvalue weighted by molar-refractivity contribution is 6.55. The molecule has 10 heavy (non-hydrogen) atoms. The van der Waals surface area contributed by atoms with Crippen LogP contribution in [0.1, 0.15) is 12.8 Å². The number of unbranched alkanes of at least 4 members (excludes halogenated alkanes) is 1. The maximum Gasteiger partial charge on any atom is 0.141 e. The van der Waals surface area contributed by atoms with Crippen molar-refractivity contribution in [3.63, 3.8) is 0 Å². The molecule has 0 unspecified atom stereocenters. The lowest BCUT2D eigenvalue weighted by atomic mass is 10.4. The van der Waals surface area contributed by atoms with Crippen LogP contribution in [0.3, 0.4) is 0 Å². The van der Waals surface area contributed by atoms with Gasteiger partial charge in [0.1, 0.15) is 10.8 Å². The summed E-state index contributed by atoms with van der Waals surface area (Å²) in [6.07, 6.45) is 3.20. The zero-order valence-electron chi connectivity index (χ0n) is 5.45. The van der Waals surface area contributed by atoms with Crippen LogP contribution < -0.4 is 0 Å². The fraction of sp³-hybridized carbons (Fsp3) is 0.667. The summed E-state index contributed by atoms with van der Waals surface area (Å²) < 4.78 is 5.06. The number of ether oxygens (including phenoxy) is 1. The van der Waals surface area contributed by atoms with E-state index in [1.54, 1.807) is 0 Å². The first-order valence-corrected chi connectivity index (χ1v) is 4.25. The molecule has 0 saturated carbocycles. The molecule has 0 heterocycles. The van der Waals surface area contributed by atoms with Crippen molar-refractivity contribution in [2.75, 3.05) is 12.5 Å². The van der Waals surface area contributed by atoms with Gasteiger partial charge in [0.05, 0.1) is 6.61 Å². The Morgan fingerprint density at radius 3 is 2.50 bits per heavy atom. The smallest absolute Gasteiger partial charge is 0.141 e. The fourth-order valence-corrected chi connectivity index (χ4v) is 0.717. The summed E-state index contributed by atoms with van der Waals surface area (Å²) in [5.74, 6) is 0.668. The van der Waals surface area contributed by atoms with Crippen LogP contribution in [0.15, 0.2) is 10.8 Å². The fourth-order valence-electron chi connectivity index (χ4n) is 0.402. The third-order valence-electron chi connectivity index (χ3n) is 0.818. The molecule has 0 N–H and O–H groups in total. The van der Waals surface area contributed by atoms with Gasteiger partial charge in [0.2, 0.25) is 0 Å². The molecule has 60 valence electrons. The topological polar surface area (TPSA) is 9.23 Å². The molecule has 0 bridgehead atoms. The molecule has 0 aliphatic carbocycles. The van der Waals surface area contributed by atoms with E-state index in [1.165, 1.54) is 6.26 Å². The van der Waals surface area contributed by atoms with Crippen LogP contribution in [0, 0.1) is 0 Å². The molecule has 0 aliphatic heterocycles. The molecular weight excluding hydrogens is 194 g/mol.